The number of benzene rings is 2. The molecule has 3 aromatic rings. The number of hydrogen-bond acceptors (Lipinski definition) is 6. The molecule has 4 rings (SSSR count). The number of nitrogens with zero attached hydrogens (tertiary/aromatic N) is 2. The molecule has 168 valence electrons. The van der Waals surface area contributed by atoms with Gasteiger partial charge in [-0.3, -0.25) is 9.89 Å². The predicted molar refractivity (Wildman–Crippen MR) is 122 cm³/mol. The van der Waals surface area contributed by atoms with Crippen LogP contribution in [0.25, 0.3) is 11.3 Å². The van der Waals surface area contributed by atoms with Crippen LogP contribution in [0.2, 0.25) is 5.02 Å². The number of aromatic nitrogens is 2. The summed E-state index contributed by atoms with van der Waals surface area (Å²) in [4.78, 5) is 14.9. The summed E-state index contributed by atoms with van der Waals surface area (Å²) in [5.74, 6) is -0.106. The first-order chi connectivity index (χ1) is 15.3. The van der Waals surface area contributed by atoms with Crippen LogP contribution in [0.15, 0.2) is 28.7 Å². The molecule has 0 saturated heterocycles. The van der Waals surface area contributed by atoms with Crippen LogP contribution in [0, 0.1) is 6.92 Å². The highest BCUT2D eigenvalue weighted by Gasteiger charge is 2.42. The molecule has 0 saturated carbocycles. The molecule has 1 amide bonds. The van der Waals surface area contributed by atoms with E-state index in [9.17, 15) is 20.1 Å². The van der Waals surface area contributed by atoms with E-state index in [0.29, 0.717) is 56.1 Å². The number of aromatic amines is 1. The molecular formula is C22H21BrClN3O5. The second kappa shape index (κ2) is 8.65. The Morgan fingerprint density at radius 1 is 1.28 bits per heavy atom. The van der Waals surface area contributed by atoms with Crippen molar-refractivity contribution in [2.75, 3.05) is 20.3 Å². The SMILES string of the molecule is COc1cc([C@@H]2c3c(-c4cc(Cl)c(C)cc4O)n[nH]c3C(=O)N2CCCO)cc(Br)c1O. The van der Waals surface area contributed by atoms with Crippen molar-refractivity contribution in [3.8, 4) is 28.5 Å². The van der Waals surface area contributed by atoms with Gasteiger partial charge in [-0.1, -0.05) is 11.6 Å². The maximum Gasteiger partial charge on any atom is 0.273 e. The molecule has 10 heteroatoms. The van der Waals surface area contributed by atoms with Crippen LogP contribution in [-0.2, 0) is 0 Å². The fraction of sp³-hybridized carbons (Fsp3) is 0.273. The zero-order valence-corrected chi connectivity index (χ0v) is 19.7. The maximum absolute atomic E-state index is 13.2. The number of aromatic hydroxyl groups is 2. The second-order valence-electron chi connectivity index (χ2n) is 7.51. The number of methoxy groups -OCH3 is 1. The molecule has 0 bridgehead atoms. The first kappa shape index (κ1) is 22.4. The number of fused-ring (bicyclic) bond motifs is 1. The van der Waals surface area contributed by atoms with E-state index in [-0.39, 0.29) is 29.8 Å². The van der Waals surface area contributed by atoms with Gasteiger partial charge in [0, 0.05) is 29.3 Å². The molecule has 0 spiro atoms. The average Bonchev–Trinajstić information content (AvgIpc) is 3.30. The number of halogens is 2. The molecule has 0 unspecified atom stereocenters. The number of aliphatic hydroxyl groups excluding tert-OH is 1. The van der Waals surface area contributed by atoms with Gasteiger partial charge in [0.2, 0.25) is 0 Å². The third-order valence-electron chi connectivity index (χ3n) is 5.54. The molecule has 1 atom stereocenters. The van der Waals surface area contributed by atoms with E-state index in [1.165, 1.54) is 7.11 Å². The van der Waals surface area contributed by atoms with Crippen molar-refractivity contribution in [3.05, 3.63) is 56.1 Å². The molecule has 8 nitrogen and oxygen atoms in total. The number of amides is 1. The highest BCUT2D eigenvalue weighted by Crippen LogP contribution is 2.47. The zero-order valence-electron chi connectivity index (χ0n) is 17.3. The van der Waals surface area contributed by atoms with Gasteiger partial charge in [-0.25, -0.2) is 0 Å². The highest BCUT2D eigenvalue weighted by atomic mass is 79.9. The van der Waals surface area contributed by atoms with Crippen LogP contribution >= 0.6 is 27.5 Å². The van der Waals surface area contributed by atoms with Crippen molar-refractivity contribution < 1.29 is 24.9 Å². The van der Waals surface area contributed by atoms with Gasteiger partial charge in [0.25, 0.3) is 5.91 Å². The Kier molecular flexibility index (Phi) is 6.07. The standard InChI is InChI=1S/C22H21BrClN3O5/c1-10-6-15(29)12(9-14(10)24)18-17-19(26-25-18)22(31)27(4-3-5-28)20(17)11-7-13(23)21(30)16(8-11)32-2/h6-9,20,28-30H,3-5H2,1-2H3,(H,25,26)/t20-/m1/s1. The maximum atomic E-state index is 13.2. The van der Waals surface area contributed by atoms with Gasteiger partial charge in [-0.05, 0) is 64.7 Å². The van der Waals surface area contributed by atoms with Crippen LogP contribution in [0.5, 0.6) is 17.2 Å². The fourth-order valence-electron chi connectivity index (χ4n) is 3.98. The Morgan fingerprint density at radius 2 is 2.03 bits per heavy atom. The molecule has 1 aliphatic heterocycles. The Morgan fingerprint density at radius 3 is 2.72 bits per heavy atom. The largest absolute Gasteiger partial charge is 0.507 e. The van der Waals surface area contributed by atoms with Crippen molar-refractivity contribution in [1.29, 1.82) is 0 Å². The van der Waals surface area contributed by atoms with Gasteiger partial charge in [0.05, 0.1) is 17.6 Å². The van der Waals surface area contributed by atoms with Crippen LogP contribution in [-0.4, -0.2) is 56.6 Å². The van der Waals surface area contributed by atoms with Crippen molar-refractivity contribution in [2.24, 2.45) is 0 Å². The molecule has 0 fully saturated rings. The van der Waals surface area contributed by atoms with Gasteiger partial charge < -0.3 is 25.0 Å². The normalized spacial score (nSPS) is 15.3. The number of aryl methyl sites for hydroxylation is 1. The quantitative estimate of drug-likeness (QED) is 0.386. The van der Waals surface area contributed by atoms with E-state index in [0.717, 1.165) is 0 Å². The molecule has 1 aliphatic rings. The van der Waals surface area contributed by atoms with Gasteiger partial charge in [0.15, 0.2) is 11.5 Å². The third kappa shape index (κ3) is 3.60. The Hall–Kier alpha value is -2.75. The molecule has 0 aliphatic carbocycles. The Labute approximate surface area is 197 Å². The van der Waals surface area contributed by atoms with E-state index >= 15 is 0 Å². The molecule has 2 heterocycles. The lowest BCUT2D eigenvalue weighted by molar-refractivity contribution is 0.0732. The first-order valence-electron chi connectivity index (χ1n) is 9.84. The fourth-order valence-corrected chi connectivity index (χ4v) is 4.61. The van der Waals surface area contributed by atoms with E-state index in [2.05, 4.69) is 26.1 Å². The summed E-state index contributed by atoms with van der Waals surface area (Å²) in [6.07, 6.45) is 0.382. The van der Waals surface area contributed by atoms with E-state index < -0.39 is 6.04 Å². The van der Waals surface area contributed by atoms with Gasteiger partial charge in [-0.2, -0.15) is 5.10 Å². The van der Waals surface area contributed by atoms with Gasteiger partial charge in [0.1, 0.15) is 17.1 Å². The summed E-state index contributed by atoms with van der Waals surface area (Å²) in [6, 6.07) is 5.93. The van der Waals surface area contributed by atoms with Gasteiger partial charge in [-0.15, -0.1) is 0 Å². The topological polar surface area (TPSA) is 119 Å². The number of aliphatic hydroxyl groups is 1. The number of rotatable bonds is 6. The monoisotopic (exact) mass is 521 g/mol. The summed E-state index contributed by atoms with van der Waals surface area (Å²) in [5, 5.41) is 37.8. The number of nitrogens with one attached hydrogen (secondary N) is 1. The van der Waals surface area contributed by atoms with E-state index in [1.54, 1.807) is 36.1 Å². The smallest absolute Gasteiger partial charge is 0.273 e. The highest BCUT2D eigenvalue weighted by molar-refractivity contribution is 9.10. The van der Waals surface area contributed by atoms with Crippen molar-refractivity contribution in [2.45, 2.75) is 19.4 Å². The van der Waals surface area contributed by atoms with Crippen LogP contribution in [0.4, 0.5) is 0 Å². The van der Waals surface area contributed by atoms with Crippen LogP contribution < -0.4 is 4.74 Å². The number of carbonyl (C=O) groups excluding carboxylic acids is 1. The molecule has 32 heavy (non-hydrogen) atoms. The van der Waals surface area contributed by atoms with Crippen LogP contribution in [0.3, 0.4) is 0 Å². The van der Waals surface area contributed by atoms with Crippen molar-refractivity contribution in [1.82, 2.24) is 15.1 Å². The molecule has 1 aromatic heterocycles. The molecule has 2 aromatic carbocycles. The molecule has 4 N–H and O–H groups in total. The minimum Gasteiger partial charge on any atom is -0.507 e. The Bertz CT molecular complexity index is 1210. The Balaban J connectivity index is 1.94. The number of carbonyl (C=O) groups is 1. The predicted octanol–water partition coefficient (Wildman–Crippen LogP) is 4.15. The van der Waals surface area contributed by atoms with E-state index in [1.807, 2.05) is 0 Å². The summed E-state index contributed by atoms with van der Waals surface area (Å²) in [5.41, 5.74) is 3.03. The summed E-state index contributed by atoms with van der Waals surface area (Å²) < 4.78 is 5.70. The zero-order chi connectivity index (χ0) is 23.2. The van der Waals surface area contributed by atoms with Gasteiger partial charge >= 0.3 is 0 Å². The number of phenolic OH excluding ortho intramolecular Hbond substituents is 2. The number of hydrogen-bond donors (Lipinski definition) is 4. The lowest BCUT2D eigenvalue weighted by Crippen LogP contribution is -2.31. The van der Waals surface area contributed by atoms with Crippen molar-refractivity contribution in [3.63, 3.8) is 0 Å². The third-order valence-corrected chi connectivity index (χ3v) is 6.55. The minimum absolute atomic E-state index is 0.00863. The minimum atomic E-state index is -0.594. The lowest BCUT2D eigenvalue weighted by atomic mass is 9.95. The van der Waals surface area contributed by atoms with E-state index in [4.69, 9.17) is 16.3 Å². The summed E-state index contributed by atoms with van der Waals surface area (Å²) in [6.45, 7) is 2.00. The van der Waals surface area contributed by atoms with Crippen LogP contribution in [0.1, 0.15) is 39.6 Å². The summed E-state index contributed by atoms with van der Waals surface area (Å²) in [7, 11) is 1.44. The molecular weight excluding hydrogens is 502 g/mol. The number of H-pyrrole nitrogens is 1. The molecule has 0 radical (unpaired) electrons. The summed E-state index contributed by atoms with van der Waals surface area (Å²) >= 11 is 9.65. The number of phenols is 2. The average molecular weight is 523 g/mol. The first-order valence-corrected chi connectivity index (χ1v) is 11.0. The second-order valence-corrected chi connectivity index (χ2v) is 8.77. The van der Waals surface area contributed by atoms with Crippen molar-refractivity contribution >= 4 is 33.4 Å². The lowest BCUT2D eigenvalue weighted by Gasteiger charge is -2.27. The number of ether oxygens (including phenoxy) is 1.